The van der Waals surface area contributed by atoms with Crippen LogP contribution in [0.5, 0.6) is 0 Å². The van der Waals surface area contributed by atoms with Gasteiger partial charge in [0.25, 0.3) is 0 Å². The van der Waals surface area contributed by atoms with E-state index in [1.807, 2.05) is 48.5 Å². The van der Waals surface area contributed by atoms with Crippen LogP contribution >= 0.6 is 0 Å². The Balaban J connectivity index is 1.04. The van der Waals surface area contributed by atoms with Gasteiger partial charge >= 0.3 is 0 Å². The average Bonchev–Trinajstić information content (AvgIpc) is 3.48. The fraction of sp³-hybridized carbons (Fsp3) is 0.361. The Morgan fingerprint density at radius 1 is 0.786 bits per heavy atom. The van der Waals surface area contributed by atoms with Crippen LogP contribution in [-0.2, 0) is 9.59 Å². The van der Waals surface area contributed by atoms with Crippen molar-refractivity contribution in [1.29, 1.82) is 0 Å². The highest BCUT2D eigenvalue weighted by atomic mass is 16.2. The van der Waals surface area contributed by atoms with Crippen LogP contribution in [-0.4, -0.2) is 28.6 Å². The van der Waals surface area contributed by atoms with Crippen molar-refractivity contribution in [3.63, 3.8) is 0 Å². The number of amides is 2. The third kappa shape index (κ3) is 5.04. The van der Waals surface area contributed by atoms with E-state index in [0.717, 1.165) is 49.8 Å². The van der Waals surface area contributed by atoms with Crippen molar-refractivity contribution in [1.82, 2.24) is 15.5 Å². The van der Waals surface area contributed by atoms with Gasteiger partial charge in [-0.3, -0.25) is 14.7 Å². The zero-order valence-electron chi connectivity index (χ0n) is 23.9. The molecule has 4 aromatic rings. The van der Waals surface area contributed by atoms with Gasteiger partial charge in [0.1, 0.15) is 0 Å². The zero-order chi connectivity index (χ0) is 28.6. The Morgan fingerprint density at radius 2 is 1.33 bits per heavy atom. The second kappa shape index (κ2) is 10.9. The van der Waals surface area contributed by atoms with Crippen LogP contribution < -0.4 is 10.6 Å². The smallest absolute Gasteiger partial charge is 0.231 e. The van der Waals surface area contributed by atoms with Crippen molar-refractivity contribution in [3.05, 3.63) is 108 Å². The number of hydrogen-bond acceptors (Lipinski definition) is 3. The van der Waals surface area contributed by atoms with Crippen LogP contribution in [0, 0.1) is 22.7 Å². The number of anilines is 1. The van der Waals surface area contributed by atoms with E-state index in [1.165, 1.54) is 11.1 Å². The zero-order valence-corrected chi connectivity index (χ0v) is 23.9. The Hall–Kier alpha value is -4.19. The summed E-state index contributed by atoms with van der Waals surface area (Å²) >= 11 is 0. The molecule has 4 fully saturated rings. The fourth-order valence-corrected chi connectivity index (χ4v) is 8.61. The lowest BCUT2D eigenvalue weighted by molar-refractivity contribution is -0.164. The number of aromatic nitrogens is 2. The first-order valence-corrected chi connectivity index (χ1v) is 15.3. The maximum absolute atomic E-state index is 14.0. The predicted molar refractivity (Wildman–Crippen MR) is 165 cm³/mol. The lowest BCUT2D eigenvalue weighted by Gasteiger charge is -2.60. The summed E-state index contributed by atoms with van der Waals surface area (Å²) in [5, 5.41) is 13.9. The summed E-state index contributed by atoms with van der Waals surface area (Å²) in [6.45, 7) is 0.610. The van der Waals surface area contributed by atoms with Gasteiger partial charge in [-0.15, -0.1) is 0 Å². The third-order valence-electron chi connectivity index (χ3n) is 10.1. The first-order valence-electron chi connectivity index (χ1n) is 15.3. The van der Waals surface area contributed by atoms with Crippen LogP contribution in [0.4, 0.5) is 5.82 Å². The minimum absolute atomic E-state index is 0.0214. The topological polar surface area (TPSA) is 86.9 Å². The van der Waals surface area contributed by atoms with Crippen LogP contribution in [0.1, 0.15) is 62.0 Å². The second-order valence-electron chi connectivity index (χ2n) is 12.9. The summed E-state index contributed by atoms with van der Waals surface area (Å²) in [6, 6.07) is 33.0. The SMILES string of the molecule is O=C(NCCC(c1ccccc1)c1ccccc1)C12CC3CC(C1)CC(C(=O)Nc1cc(-c4ccccc4)[nH]n1)(C3)C2. The molecule has 214 valence electrons. The van der Waals surface area contributed by atoms with Crippen molar-refractivity contribution in [2.24, 2.45) is 22.7 Å². The van der Waals surface area contributed by atoms with E-state index < -0.39 is 10.8 Å². The standard InChI is InChI=1S/C36H38N4O2/c41-33(37-17-16-30(27-10-4-1-5-11-27)28-12-6-2-7-13-28)35-20-25-18-26(21-35)23-36(22-25,24-35)34(42)38-32-19-31(39-40-32)29-14-8-3-9-15-29/h1-15,19,25-26,30H,16-18,20-24H2,(H,37,41)(H2,38,39,40,42). The number of nitrogens with zero attached hydrogens (tertiary/aromatic N) is 1. The molecule has 8 rings (SSSR count). The Morgan fingerprint density at radius 3 is 1.93 bits per heavy atom. The van der Waals surface area contributed by atoms with Gasteiger partial charge in [0, 0.05) is 18.5 Å². The number of benzene rings is 3. The van der Waals surface area contributed by atoms with E-state index in [0.29, 0.717) is 30.6 Å². The molecule has 4 aliphatic carbocycles. The highest BCUT2D eigenvalue weighted by Crippen LogP contribution is 2.65. The summed E-state index contributed by atoms with van der Waals surface area (Å²) < 4.78 is 0. The molecule has 4 aliphatic rings. The Bertz CT molecular complexity index is 1500. The number of carbonyl (C=O) groups is 2. The number of hydrogen-bond donors (Lipinski definition) is 3. The molecule has 2 unspecified atom stereocenters. The second-order valence-corrected chi connectivity index (χ2v) is 12.9. The van der Waals surface area contributed by atoms with Crippen molar-refractivity contribution in [2.45, 2.75) is 50.9 Å². The normalized spacial score (nSPS) is 25.8. The van der Waals surface area contributed by atoms with Gasteiger partial charge in [-0.2, -0.15) is 5.10 Å². The van der Waals surface area contributed by atoms with Gasteiger partial charge < -0.3 is 10.6 Å². The third-order valence-corrected chi connectivity index (χ3v) is 10.1. The lowest BCUT2D eigenvalue weighted by atomic mass is 9.43. The summed E-state index contributed by atoms with van der Waals surface area (Å²) in [4.78, 5) is 27.9. The highest BCUT2D eigenvalue weighted by molar-refractivity contribution is 5.96. The van der Waals surface area contributed by atoms with Crippen molar-refractivity contribution in [2.75, 3.05) is 11.9 Å². The van der Waals surface area contributed by atoms with E-state index in [2.05, 4.69) is 69.4 Å². The largest absolute Gasteiger partial charge is 0.356 e. The summed E-state index contributed by atoms with van der Waals surface area (Å²) in [6.07, 6.45) is 6.11. The minimum Gasteiger partial charge on any atom is -0.356 e. The van der Waals surface area contributed by atoms with Crippen LogP contribution in [0.25, 0.3) is 11.3 Å². The molecule has 1 aromatic heterocycles. The molecule has 2 atom stereocenters. The van der Waals surface area contributed by atoms with Gasteiger partial charge in [-0.25, -0.2) is 0 Å². The van der Waals surface area contributed by atoms with Crippen molar-refractivity contribution < 1.29 is 9.59 Å². The predicted octanol–water partition coefficient (Wildman–Crippen LogP) is 6.94. The number of H-pyrrole nitrogens is 1. The maximum Gasteiger partial charge on any atom is 0.231 e. The Kier molecular flexibility index (Phi) is 6.93. The first-order chi connectivity index (χ1) is 20.5. The van der Waals surface area contributed by atoms with Crippen molar-refractivity contribution in [3.8, 4) is 11.3 Å². The summed E-state index contributed by atoms with van der Waals surface area (Å²) in [5.74, 6) is 1.76. The average molecular weight is 559 g/mol. The van der Waals surface area contributed by atoms with Gasteiger partial charge in [0.05, 0.1) is 16.5 Å². The molecule has 3 aromatic carbocycles. The molecule has 2 amide bonds. The molecular weight excluding hydrogens is 520 g/mol. The quantitative estimate of drug-likeness (QED) is 0.208. The molecule has 6 heteroatoms. The van der Waals surface area contributed by atoms with Gasteiger partial charge in [-0.1, -0.05) is 91.0 Å². The molecule has 3 N–H and O–H groups in total. The van der Waals surface area contributed by atoms with E-state index in [4.69, 9.17) is 0 Å². The van der Waals surface area contributed by atoms with Crippen molar-refractivity contribution >= 4 is 17.6 Å². The van der Waals surface area contributed by atoms with E-state index in [1.54, 1.807) is 0 Å². The molecular formula is C36H38N4O2. The first kappa shape index (κ1) is 26.7. The Labute approximate surface area is 247 Å². The minimum atomic E-state index is -0.510. The van der Waals surface area contributed by atoms with E-state index >= 15 is 0 Å². The molecule has 6 nitrogen and oxygen atoms in total. The number of carbonyl (C=O) groups excluding carboxylic acids is 2. The molecule has 0 spiro atoms. The van der Waals surface area contributed by atoms with E-state index in [-0.39, 0.29) is 17.7 Å². The van der Waals surface area contributed by atoms with Gasteiger partial charge in [-0.05, 0) is 73.5 Å². The van der Waals surface area contributed by atoms with Crippen LogP contribution in [0.3, 0.4) is 0 Å². The summed E-state index contributed by atoms with van der Waals surface area (Å²) in [5.41, 5.74) is 3.45. The molecule has 0 radical (unpaired) electrons. The molecule has 4 saturated carbocycles. The van der Waals surface area contributed by atoms with Gasteiger partial charge in [0.2, 0.25) is 11.8 Å². The lowest BCUT2D eigenvalue weighted by Crippen LogP contribution is -2.60. The van der Waals surface area contributed by atoms with Crippen LogP contribution in [0.2, 0.25) is 0 Å². The molecule has 4 bridgehead atoms. The number of rotatable bonds is 9. The molecule has 42 heavy (non-hydrogen) atoms. The maximum atomic E-state index is 14.0. The monoisotopic (exact) mass is 558 g/mol. The fourth-order valence-electron chi connectivity index (χ4n) is 8.61. The van der Waals surface area contributed by atoms with E-state index in [9.17, 15) is 9.59 Å². The summed E-state index contributed by atoms with van der Waals surface area (Å²) in [7, 11) is 0. The van der Waals surface area contributed by atoms with Crippen LogP contribution in [0.15, 0.2) is 97.1 Å². The number of nitrogens with one attached hydrogen (secondary N) is 3. The molecule has 0 saturated heterocycles. The highest BCUT2D eigenvalue weighted by Gasteiger charge is 2.63. The molecule has 0 aliphatic heterocycles. The van der Waals surface area contributed by atoms with Gasteiger partial charge in [0.15, 0.2) is 5.82 Å². The molecule has 1 heterocycles. The number of aromatic amines is 1.